The molecule has 2 fully saturated rings. The van der Waals surface area contributed by atoms with Crippen molar-refractivity contribution >= 4 is 17.7 Å². The Kier molecular flexibility index (Phi) is 6.04. The molecule has 2 aromatic rings. The molecule has 150 valence electrons. The monoisotopic (exact) mass is 399 g/mol. The van der Waals surface area contributed by atoms with E-state index in [0.29, 0.717) is 35.1 Å². The average molecular weight is 400 g/mol. The van der Waals surface area contributed by atoms with Crippen molar-refractivity contribution in [2.75, 3.05) is 5.75 Å². The molecule has 2 saturated carbocycles. The number of fused-ring (bicyclic) bond motifs is 2. The van der Waals surface area contributed by atoms with Crippen LogP contribution in [0.2, 0.25) is 0 Å². The minimum absolute atomic E-state index is 0.0534. The van der Waals surface area contributed by atoms with Crippen LogP contribution in [-0.2, 0) is 11.2 Å². The number of hydrogen-bond acceptors (Lipinski definition) is 5. The second-order valence-corrected chi connectivity index (χ2v) is 9.39. The Bertz CT molecular complexity index is 794. The lowest BCUT2D eigenvalue weighted by molar-refractivity contribution is -0.119. The molecule has 1 N–H and O–H groups in total. The molecule has 5 atom stereocenters. The first-order chi connectivity index (χ1) is 13.6. The van der Waals surface area contributed by atoms with E-state index in [4.69, 9.17) is 4.42 Å². The Morgan fingerprint density at radius 2 is 2.04 bits per heavy atom. The molecule has 5 nitrogen and oxygen atoms in total. The van der Waals surface area contributed by atoms with Gasteiger partial charge in [0.1, 0.15) is 0 Å². The Balaban J connectivity index is 1.22. The lowest BCUT2D eigenvalue weighted by atomic mass is 9.84. The fourth-order valence-corrected chi connectivity index (χ4v) is 5.57. The summed E-state index contributed by atoms with van der Waals surface area (Å²) in [6.45, 7) is 4.31. The number of thioether (sulfide) groups is 1. The number of nitrogens with zero attached hydrogens (tertiary/aromatic N) is 2. The number of amides is 1. The largest absolute Gasteiger partial charge is 0.416 e. The van der Waals surface area contributed by atoms with Gasteiger partial charge in [-0.05, 0) is 55.4 Å². The lowest BCUT2D eigenvalue weighted by Gasteiger charge is -2.28. The Labute approximate surface area is 171 Å². The molecule has 1 heterocycles. The van der Waals surface area contributed by atoms with E-state index < -0.39 is 0 Å². The van der Waals surface area contributed by atoms with Crippen molar-refractivity contribution in [2.24, 2.45) is 17.8 Å². The molecule has 1 amide bonds. The minimum atomic E-state index is 0.0534. The third-order valence-corrected chi connectivity index (χ3v) is 7.27. The topological polar surface area (TPSA) is 68.0 Å². The first kappa shape index (κ1) is 19.5. The van der Waals surface area contributed by atoms with Crippen LogP contribution < -0.4 is 5.32 Å². The van der Waals surface area contributed by atoms with E-state index >= 15 is 0 Å². The predicted octanol–water partition coefficient (Wildman–Crippen LogP) is 4.45. The number of benzene rings is 1. The average Bonchev–Trinajstić information content (AvgIpc) is 3.44. The highest BCUT2D eigenvalue weighted by Gasteiger charge is 2.42. The van der Waals surface area contributed by atoms with Crippen LogP contribution in [0.3, 0.4) is 0 Å². The van der Waals surface area contributed by atoms with Crippen molar-refractivity contribution in [3.8, 4) is 0 Å². The molecule has 0 spiro atoms. The normalized spacial score (nSPS) is 25.6. The van der Waals surface area contributed by atoms with E-state index in [1.165, 1.54) is 43.0 Å². The molecule has 1 aromatic carbocycles. The fraction of sp³-hybridized carbons (Fsp3) is 0.591. The van der Waals surface area contributed by atoms with Crippen molar-refractivity contribution in [3.05, 3.63) is 41.8 Å². The number of aromatic nitrogens is 2. The fourth-order valence-electron chi connectivity index (χ4n) is 4.98. The van der Waals surface area contributed by atoms with Crippen LogP contribution in [0.1, 0.15) is 56.9 Å². The molecule has 4 rings (SSSR count). The maximum Gasteiger partial charge on any atom is 0.277 e. The minimum Gasteiger partial charge on any atom is -0.416 e. The molecule has 0 radical (unpaired) electrons. The van der Waals surface area contributed by atoms with Gasteiger partial charge in [-0.1, -0.05) is 55.4 Å². The summed E-state index contributed by atoms with van der Waals surface area (Å²) >= 11 is 1.32. The number of carbonyl (C=O) groups is 1. The number of carbonyl (C=O) groups excluding carboxylic acids is 1. The predicted molar refractivity (Wildman–Crippen MR) is 110 cm³/mol. The van der Waals surface area contributed by atoms with Crippen molar-refractivity contribution < 1.29 is 9.21 Å². The SMILES string of the molecule is CC(Cc1nnc(SCC(=O)NC(C)C2CC3CCC2C3)o1)c1ccccc1. The molecule has 28 heavy (non-hydrogen) atoms. The summed E-state index contributed by atoms with van der Waals surface area (Å²) in [7, 11) is 0. The van der Waals surface area contributed by atoms with Gasteiger partial charge >= 0.3 is 0 Å². The van der Waals surface area contributed by atoms with Gasteiger partial charge in [0.2, 0.25) is 11.8 Å². The molecule has 0 aliphatic heterocycles. The maximum atomic E-state index is 12.3. The molecule has 2 bridgehead atoms. The van der Waals surface area contributed by atoms with Crippen molar-refractivity contribution in [1.29, 1.82) is 0 Å². The van der Waals surface area contributed by atoms with Crippen LogP contribution in [0.25, 0.3) is 0 Å². The van der Waals surface area contributed by atoms with Crippen molar-refractivity contribution in [1.82, 2.24) is 15.5 Å². The van der Waals surface area contributed by atoms with Crippen LogP contribution in [-0.4, -0.2) is 27.9 Å². The van der Waals surface area contributed by atoms with E-state index in [0.717, 1.165) is 11.8 Å². The molecular formula is C22H29N3O2S. The summed E-state index contributed by atoms with van der Waals surface area (Å²) in [5.41, 5.74) is 1.25. The highest BCUT2D eigenvalue weighted by Crippen LogP contribution is 2.49. The third-order valence-electron chi connectivity index (χ3n) is 6.45. The summed E-state index contributed by atoms with van der Waals surface area (Å²) in [4.78, 5) is 12.3. The second-order valence-electron chi connectivity index (χ2n) is 8.46. The molecule has 6 heteroatoms. The summed E-state index contributed by atoms with van der Waals surface area (Å²) in [5, 5.41) is 11.9. The van der Waals surface area contributed by atoms with Gasteiger partial charge in [0.05, 0.1) is 5.75 Å². The van der Waals surface area contributed by atoms with Gasteiger partial charge in [-0.3, -0.25) is 4.79 Å². The third kappa shape index (κ3) is 4.59. The van der Waals surface area contributed by atoms with Crippen LogP contribution in [0, 0.1) is 17.8 Å². The van der Waals surface area contributed by atoms with Gasteiger partial charge < -0.3 is 9.73 Å². The van der Waals surface area contributed by atoms with Gasteiger partial charge in [0.25, 0.3) is 5.22 Å². The highest BCUT2D eigenvalue weighted by molar-refractivity contribution is 7.99. The van der Waals surface area contributed by atoms with E-state index in [-0.39, 0.29) is 11.9 Å². The molecular weight excluding hydrogens is 370 g/mol. The van der Waals surface area contributed by atoms with Gasteiger partial charge in [-0.2, -0.15) is 0 Å². The van der Waals surface area contributed by atoms with Crippen LogP contribution in [0.4, 0.5) is 0 Å². The van der Waals surface area contributed by atoms with E-state index in [1.807, 2.05) is 18.2 Å². The molecule has 2 aliphatic rings. The lowest BCUT2D eigenvalue weighted by Crippen LogP contribution is -2.40. The number of nitrogens with one attached hydrogen (secondary N) is 1. The Morgan fingerprint density at radius 3 is 2.75 bits per heavy atom. The maximum absolute atomic E-state index is 12.3. The number of rotatable bonds is 8. The zero-order valence-corrected chi connectivity index (χ0v) is 17.5. The molecule has 2 aliphatic carbocycles. The van der Waals surface area contributed by atoms with Crippen LogP contribution in [0.5, 0.6) is 0 Å². The summed E-state index contributed by atoms with van der Waals surface area (Å²) in [6, 6.07) is 10.6. The van der Waals surface area contributed by atoms with Gasteiger partial charge in [-0.15, -0.1) is 10.2 Å². The molecule has 0 saturated heterocycles. The first-order valence-corrected chi connectivity index (χ1v) is 11.4. The van der Waals surface area contributed by atoms with Crippen molar-refractivity contribution in [3.63, 3.8) is 0 Å². The molecule has 1 aromatic heterocycles. The summed E-state index contributed by atoms with van der Waals surface area (Å²) in [6.07, 6.45) is 6.08. The van der Waals surface area contributed by atoms with Crippen molar-refractivity contribution in [2.45, 2.75) is 63.1 Å². The van der Waals surface area contributed by atoms with Crippen LogP contribution >= 0.6 is 11.8 Å². The first-order valence-electron chi connectivity index (χ1n) is 10.4. The smallest absolute Gasteiger partial charge is 0.277 e. The van der Waals surface area contributed by atoms with E-state index in [9.17, 15) is 4.79 Å². The standard InChI is InChI=1S/C22H29N3O2S/c1-14(17-6-4-3-5-7-17)10-21-24-25-22(27-21)28-13-20(26)23-15(2)19-12-16-8-9-18(19)11-16/h3-7,14-16,18-19H,8-13H2,1-2H3,(H,23,26). The Hall–Kier alpha value is -1.82. The second kappa shape index (κ2) is 8.68. The van der Waals surface area contributed by atoms with Gasteiger partial charge in [0, 0.05) is 12.5 Å². The van der Waals surface area contributed by atoms with Gasteiger partial charge in [0.15, 0.2) is 0 Å². The number of hydrogen-bond donors (Lipinski definition) is 1. The Morgan fingerprint density at radius 1 is 1.21 bits per heavy atom. The highest BCUT2D eigenvalue weighted by atomic mass is 32.2. The summed E-state index contributed by atoms with van der Waals surface area (Å²) in [5.74, 6) is 3.68. The molecule has 5 unspecified atom stereocenters. The summed E-state index contributed by atoms with van der Waals surface area (Å²) < 4.78 is 5.73. The van der Waals surface area contributed by atoms with E-state index in [2.05, 4.69) is 41.5 Å². The van der Waals surface area contributed by atoms with Gasteiger partial charge in [-0.25, -0.2) is 0 Å². The van der Waals surface area contributed by atoms with Crippen LogP contribution in [0.15, 0.2) is 40.0 Å². The zero-order valence-electron chi connectivity index (χ0n) is 16.6. The zero-order chi connectivity index (χ0) is 19.5. The van der Waals surface area contributed by atoms with E-state index in [1.54, 1.807) is 0 Å². The quantitative estimate of drug-likeness (QED) is 0.664.